The van der Waals surface area contributed by atoms with Crippen LogP contribution in [0.4, 0.5) is 0 Å². The average molecular weight is 528 g/mol. The molecular formula is C14H3CsO14. The molecular weight excluding hydrogens is 525 g/mol. The minimum atomic E-state index is -1.08. The van der Waals surface area contributed by atoms with E-state index in [4.69, 9.17) is 67.4 Å². The maximum atomic E-state index is 8.89. The zero-order valence-electron chi connectivity index (χ0n) is 14.2. The Morgan fingerprint density at radius 1 is 0.379 bits per heavy atom. The molecule has 0 saturated carbocycles. The molecule has 0 aliphatic heterocycles. The number of hydrogen-bond donors (Lipinski definition) is 0. The molecule has 0 unspecified atom stereocenters. The van der Waals surface area contributed by atoms with Gasteiger partial charge in [0.25, 0.3) is 81.5 Å². The third-order valence-electron chi connectivity index (χ3n) is 0. The first-order valence-corrected chi connectivity index (χ1v) is 3.36. The van der Waals surface area contributed by atoms with Gasteiger partial charge in [-0.1, -0.05) is 0 Å². The van der Waals surface area contributed by atoms with Crippen LogP contribution >= 0.6 is 0 Å². The summed E-state index contributed by atoms with van der Waals surface area (Å²) >= 11 is 0. The number of aliphatic carboxylic acids is 1. The summed E-state index contributed by atoms with van der Waals surface area (Å²) in [6, 6.07) is 0. The Bertz CT molecular complexity index is 133. The number of rotatable bonds is 0. The molecule has 0 fully saturated rings. The minimum Gasteiger partial charge on any atom is -0.550 e. The number of carboxylic acids is 1. The van der Waals surface area contributed by atoms with Crippen molar-refractivity contribution in [2.24, 2.45) is 0 Å². The van der Waals surface area contributed by atoms with Crippen molar-refractivity contribution in [1.82, 2.24) is 0 Å². The van der Waals surface area contributed by atoms with Gasteiger partial charge in [-0.25, -0.2) is 0 Å². The van der Waals surface area contributed by atoms with E-state index in [1.165, 1.54) is 0 Å². The Morgan fingerprint density at radius 2 is 0.379 bits per heavy atom. The number of hydrogen-bond acceptors (Lipinski definition) is 14. The van der Waals surface area contributed by atoms with Gasteiger partial charge in [0.05, 0.1) is 0 Å². The fourth-order valence-electron chi connectivity index (χ4n) is 0. The Balaban J connectivity index is -0.00000000706. The molecule has 144 valence electrons. The summed E-state index contributed by atoms with van der Waals surface area (Å²) in [6.07, 6.45) is 0. The van der Waals surface area contributed by atoms with E-state index >= 15 is 0 Å². The van der Waals surface area contributed by atoms with Crippen LogP contribution in [0.25, 0.3) is 0 Å². The van der Waals surface area contributed by atoms with Gasteiger partial charge in [-0.3, -0.25) is 57.5 Å². The molecule has 0 atom stereocenters. The molecule has 15 heteroatoms. The first kappa shape index (κ1) is 110. The fourth-order valence-corrected chi connectivity index (χ4v) is 0. The van der Waals surface area contributed by atoms with Gasteiger partial charge in [0.15, 0.2) is 0 Å². The van der Waals surface area contributed by atoms with Crippen molar-refractivity contribution in [2.75, 3.05) is 0 Å². The van der Waals surface area contributed by atoms with Gasteiger partial charge in [-0.2, -0.15) is 0 Å². The molecule has 24 radical (unpaired) electrons. The molecule has 0 amide bonds. The quantitative estimate of drug-likeness (QED) is 0.283. The Hall–Kier alpha value is -2.44. The molecule has 0 saturated heterocycles. The van der Waals surface area contributed by atoms with Crippen molar-refractivity contribution in [3.63, 3.8) is 0 Å². The van der Waals surface area contributed by atoms with Crippen molar-refractivity contribution in [2.45, 2.75) is 6.92 Å². The van der Waals surface area contributed by atoms with Gasteiger partial charge >= 0.3 is 68.9 Å². The maximum Gasteiger partial charge on any atom is 1.00 e. The molecule has 0 aliphatic carbocycles. The molecule has 0 bridgehead atoms. The van der Waals surface area contributed by atoms with Gasteiger partial charge in [0.2, 0.25) is 0 Å². The summed E-state index contributed by atoms with van der Waals surface area (Å²) < 4.78 is 0. The number of carbonyl (C=O) groups is 1. The third-order valence-corrected chi connectivity index (χ3v) is 0. The van der Waals surface area contributed by atoms with Crippen LogP contribution in [0.2, 0.25) is 0 Å². The summed E-state index contributed by atoms with van der Waals surface area (Å²) in [4.78, 5) is 98.9. The van der Waals surface area contributed by atoms with E-state index in [1.54, 1.807) is 0 Å². The molecule has 0 aromatic rings. The van der Waals surface area contributed by atoms with Crippen LogP contribution < -0.4 is 74.0 Å². The van der Waals surface area contributed by atoms with Crippen molar-refractivity contribution < 1.29 is 136 Å². The average Bonchev–Trinajstić information content (AvgIpc) is 2.88. The van der Waals surface area contributed by atoms with Crippen LogP contribution in [0.5, 0.6) is 0 Å². The number of carbonyl (C=O) groups excluding carboxylic acids is 13. The second-order valence-electron chi connectivity index (χ2n) is 0.492. The molecule has 0 spiro atoms. The standard InChI is InChI=1S/C2H4O2.12CO.Cs/c1-2(3)4;12*1-2;/h1H3,(H,3,4);;;;;;;;;;;;;/q;;;;;;;;;;;;;+1/p-1. The molecule has 0 N–H and O–H groups in total. The van der Waals surface area contributed by atoms with Gasteiger partial charge in [0.1, 0.15) is 0 Å². The van der Waals surface area contributed by atoms with Gasteiger partial charge in [0, 0.05) is 5.97 Å². The van der Waals surface area contributed by atoms with Crippen molar-refractivity contribution in [3.8, 4) is 0 Å². The van der Waals surface area contributed by atoms with E-state index in [2.05, 4.69) is 81.5 Å². The Morgan fingerprint density at radius 3 is 0.379 bits per heavy atom. The molecule has 0 heterocycles. The number of carboxylic acid groups (broad SMARTS) is 1. The zero-order valence-corrected chi connectivity index (χ0v) is 20.5. The van der Waals surface area contributed by atoms with Crippen LogP contribution in [0.3, 0.4) is 0 Å². The van der Waals surface area contributed by atoms with Gasteiger partial charge < -0.3 is 9.90 Å². The Kier molecular flexibility index (Phi) is 185000. The zero-order chi connectivity index (χ0) is 27.6. The SMILES string of the molecule is CC(=O)[O-].[C]=O.[C]=O.[C]=O.[C]=O.[C]=O.[C]=O.[C]=O.[C]=O.[C]=O.[C]=O.[C]=O.[C]=O.[Cs+]. The van der Waals surface area contributed by atoms with Crippen LogP contribution in [0, 0.1) is 0 Å². The van der Waals surface area contributed by atoms with Crippen molar-refractivity contribution in [1.29, 1.82) is 0 Å². The fraction of sp³-hybridized carbons (Fsp3) is 0.0714. The molecule has 0 aromatic heterocycles. The van der Waals surface area contributed by atoms with Crippen molar-refractivity contribution >= 4 is 87.4 Å². The van der Waals surface area contributed by atoms with E-state index < -0.39 is 5.97 Å². The second kappa shape index (κ2) is 48800. The Labute approximate surface area is 228 Å². The van der Waals surface area contributed by atoms with E-state index in [0.29, 0.717) is 0 Å². The van der Waals surface area contributed by atoms with E-state index in [1.807, 2.05) is 0 Å². The van der Waals surface area contributed by atoms with Crippen molar-refractivity contribution in [3.05, 3.63) is 0 Å². The minimum absolute atomic E-state index is 0. The topological polar surface area (TPSA) is 245 Å². The smallest absolute Gasteiger partial charge is 0.550 e. The monoisotopic (exact) mass is 528 g/mol. The maximum absolute atomic E-state index is 8.89. The van der Waals surface area contributed by atoms with Crippen LogP contribution in [-0.2, 0) is 62.3 Å². The van der Waals surface area contributed by atoms with Gasteiger partial charge in [-0.05, 0) is 6.92 Å². The summed E-state index contributed by atoms with van der Waals surface area (Å²) in [5.74, 6) is -1.08. The van der Waals surface area contributed by atoms with Gasteiger partial charge in [-0.15, -0.1) is 0 Å². The first-order chi connectivity index (χ1) is 13.7. The van der Waals surface area contributed by atoms with E-state index in [0.717, 1.165) is 6.92 Å². The predicted octanol–water partition coefficient (Wildman–Crippen LogP) is -9.01. The first-order valence-electron chi connectivity index (χ1n) is 3.36. The summed E-state index contributed by atoms with van der Waals surface area (Å²) in [6.45, 7) is 55.0. The molecule has 0 rings (SSSR count). The predicted molar refractivity (Wildman–Crippen MR) is 79.0 cm³/mol. The van der Waals surface area contributed by atoms with E-state index in [9.17, 15) is 0 Å². The third kappa shape index (κ3) is 2390. The van der Waals surface area contributed by atoms with Crippen LogP contribution in [-0.4, -0.2) is 87.4 Å². The normalized spacial score (nSPS) is 2.52. The molecule has 0 aromatic carbocycles. The summed E-state index contributed by atoms with van der Waals surface area (Å²) in [5.41, 5.74) is 0. The molecule has 0 aliphatic rings. The summed E-state index contributed by atoms with van der Waals surface area (Å²) in [7, 11) is 0. The van der Waals surface area contributed by atoms with Crippen LogP contribution in [0.15, 0.2) is 0 Å². The molecule has 29 heavy (non-hydrogen) atoms. The second-order valence-corrected chi connectivity index (χ2v) is 0.492. The van der Waals surface area contributed by atoms with Crippen LogP contribution in [0.1, 0.15) is 6.92 Å². The van der Waals surface area contributed by atoms with E-state index in [-0.39, 0.29) is 68.9 Å². The molecule has 14 nitrogen and oxygen atoms in total. The largest absolute Gasteiger partial charge is 1.00 e. The summed E-state index contributed by atoms with van der Waals surface area (Å²) in [5, 5.41) is 8.89.